The van der Waals surface area contributed by atoms with Crippen molar-refractivity contribution in [3.8, 4) is 11.3 Å². The number of thiophene rings is 1. The molecule has 0 unspecified atom stereocenters. The molecule has 35 heavy (non-hydrogen) atoms. The van der Waals surface area contributed by atoms with Crippen LogP contribution in [0.15, 0.2) is 60.7 Å². The Balaban J connectivity index is 1.54. The number of carbonyl (C=O) groups is 3. The lowest BCUT2D eigenvalue weighted by molar-refractivity contribution is -0.119. The van der Waals surface area contributed by atoms with Gasteiger partial charge in [0, 0.05) is 15.8 Å². The van der Waals surface area contributed by atoms with E-state index in [2.05, 4.69) is 10.3 Å². The molecular formula is C27H24N2O5S. The fourth-order valence-electron chi connectivity index (χ4n) is 3.64. The maximum Gasteiger partial charge on any atom is 0.341 e. The number of para-hydroxylation sites is 1. The van der Waals surface area contributed by atoms with E-state index in [0.29, 0.717) is 32.7 Å². The summed E-state index contributed by atoms with van der Waals surface area (Å²) in [6.45, 7) is 5.09. The molecule has 0 aliphatic carbocycles. The Hall–Kier alpha value is -4.04. The summed E-state index contributed by atoms with van der Waals surface area (Å²) < 4.78 is 10.5. The van der Waals surface area contributed by atoms with Crippen molar-refractivity contribution < 1.29 is 23.9 Å². The van der Waals surface area contributed by atoms with E-state index in [1.165, 1.54) is 11.3 Å². The number of amides is 1. The van der Waals surface area contributed by atoms with Crippen molar-refractivity contribution in [3.63, 3.8) is 0 Å². The van der Waals surface area contributed by atoms with Gasteiger partial charge in [-0.05, 0) is 38.5 Å². The van der Waals surface area contributed by atoms with Crippen LogP contribution in [-0.2, 0) is 14.3 Å². The molecule has 0 aliphatic rings. The zero-order chi connectivity index (χ0) is 24.9. The Morgan fingerprint density at radius 1 is 0.943 bits per heavy atom. The summed E-state index contributed by atoms with van der Waals surface area (Å²) >= 11 is 1.27. The molecular weight excluding hydrogens is 464 g/mol. The van der Waals surface area contributed by atoms with Crippen LogP contribution < -0.4 is 5.32 Å². The number of nitrogens with one attached hydrogen (secondary N) is 1. The minimum absolute atomic E-state index is 0.225. The van der Waals surface area contributed by atoms with E-state index in [1.807, 2.05) is 55.5 Å². The molecule has 1 N–H and O–H groups in total. The number of aryl methyl sites for hydroxylation is 1. The molecule has 0 aliphatic heterocycles. The number of aromatic nitrogens is 1. The highest BCUT2D eigenvalue weighted by Gasteiger charge is 2.23. The average Bonchev–Trinajstić information content (AvgIpc) is 3.15. The van der Waals surface area contributed by atoms with Gasteiger partial charge in [-0.3, -0.25) is 4.79 Å². The lowest BCUT2D eigenvalue weighted by Gasteiger charge is -2.11. The van der Waals surface area contributed by atoms with Gasteiger partial charge in [0.2, 0.25) is 0 Å². The highest BCUT2D eigenvalue weighted by molar-refractivity contribution is 7.16. The molecule has 0 fully saturated rings. The number of fused-ring (bicyclic) bond motifs is 1. The van der Waals surface area contributed by atoms with Crippen LogP contribution >= 0.6 is 11.3 Å². The van der Waals surface area contributed by atoms with Crippen molar-refractivity contribution in [1.29, 1.82) is 0 Å². The predicted molar refractivity (Wildman–Crippen MR) is 136 cm³/mol. The number of carbonyl (C=O) groups excluding carboxylic acids is 3. The van der Waals surface area contributed by atoms with E-state index in [-0.39, 0.29) is 6.61 Å². The van der Waals surface area contributed by atoms with Gasteiger partial charge in [-0.1, -0.05) is 48.5 Å². The second-order valence-electron chi connectivity index (χ2n) is 7.77. The number of anilines is 1. The molecule has 4 rings (SSSR count). The standard InChI is InChI=1S/C27H24N2O5S/c1-4-33-27(32)24-16(2)17(3)35-25(24)29-23(30)15-34-26(31)20-14-22(18-10-6-5-7-11-18)28-21-13-9-8-12-19(20)21/h5-14H,4,15H2,1-3H3,(H,29,30). The first-order valence-electron chi connectivity index (χ1n) is 11.1. The van der Waals surface area contributed by atoms with Crippen molar-refractivity contribution >= 4 is 45.1 Å². The lowest BCUT2D eigenvalue weighted by Crippen LogP contribution is -2.22. The van der Waals surface area contributed by atoms with E-state index in [0.717, 1.165) is 16.0 Å². The zero-order valence-corrected chi connectivity index (χ0v) is 20.4. The van der Waals surface area contributed by atoms with Crippen molar-refractivity contribution in [3.05, 3.63) is 82.2 Å². The molecule has 2 heterocycles. The topological polar surface area (TPSA) is 94.6 Å². The van der Waals surface area contributed by atoms with E-state index >= 15 is 0 Å². The SMILES string of the molecule is CCOC(=O)c1c(NC(=O)COC(=O)c2cc(-c3ccccc3)nc3ccccc23)sc(C)c1C. The van der Waals surface area contributed by atoms with E-state index in [1.54, 1.807) is 26.0 Å². The molecule has 0 radical (unpaired) electrons. The highest BCUT2D eigenvalue weighted by atomic mass is 32.1. The smallest absolute Gasteiger partial charge is 0.341 e. The Kier molecular flexibility index (Phi) is 7.22. The van der Waals surface area contributed by atoms with Gasteiger partial charge >= 0.3 is 11.9 Å². The lowest BCUT2D eigenvalue weighted by atomic mass is 10.0. The summed E-state index contributed by atoms with van der Waals surface area (Å²) in [5.74, 6) is -1.69. The third-order valence-electron chi connectivity index (χ3n) is 5.46. The van der Waals surface area contributed by atoms with Crippen LogP contribution in [0.25, 0.3) is 22.2 Å². The summed E-state index contributed by atoms with van der Waals surface area (Å²) in [6, 6.07) is 18.5. The fraction of sp³-hybridized carbons (Fsp3) is 0.185. The van der Waals surface area contributed by atoms with Crippen LogP contribution in [0.4, 0.5) is 5.00 Å². The molecule has 0 saturated heterocycles. The van der Waals surface area contributed by atoms with Gasteiger partial charge in [-0.2, -0.15) is 0 Å². The van der Waals surface area contributed by atoms with Gasteiger partial charge in [-0.25, -0.2) is 14.6 Å². The molecule has 2 aromatic carbocycles. The Morgan fingerprint density at radius 3 is 2.40 bits per heavy atom. The fourth-order valence-corrected chi connectivity index (χ4v) is 4.70. The number of benzene rings is 2. The van der Waals surface area contributed by atoms with Crippen LogP contribution in [0, 0.1) is 13.8 Å². The van der Waals surface area contributed by atoms with E-state index < -0.39 is 24.5 Å². The van der Waals surface area contributed by atoms with Crippen LogP contribution in [0.1, 0.15) is 38.1 Å². The van der Waals surface area contributed by atoms with Crippen molar-refractivity contribution in [1.82, 2.24) is 4.98 Å². The van der Waals surface area contributed by atoms with E-state index in [4.69, 9.17) is 9.47 Å². The number of hydrogen-bond donors (Lipinski definition) is 1. The average molecular weight is 489 g/mol. The second kappa shape index (κ2) is 10.5. The number of rotatable bonds is 7. The summed E-state index contributed by atoms with van der Waals surface area (Å²) in [4.78, 5) is 43.5. The van der Waals surface area contributed by atoms with Crippen LogP contribution in [0.3, 0.4) is 0 Å². The third-order valence-corrected chi connectivity index (χ3v) is 6.58. The Labute approximate surface area is 206 Å². The van der Waals surface area contributed by atoms with Gasteiger partial charge in [0.15, 0.2) is 6.61 Å². The highest BCUT2D eigenvalue weighted by Crippen LogP contribution is 2.33. The second-order valence-corrected chi connectivity index (χ2v) is 9.00. The first-order chi connectivity index (χ1) is 16.9. The van der Waals surface area contributed by atoms with Gasteiger partial charge in [0.1, 0.15) is 5.00 Å². The van der Waals surface area contributed by atoms with Crippen LogP contribution in [0.2, 0.25) is 0 Å². The molecule has 4 aromatic rings. The van der Waals surface area contributed by atoms with Crippen molar-refractivity contribution in [2.24, 2.45) is 0 Å². The molecule has 178 valence electrons. The number of esters is 2. The van der Waals surface area contributed by atoms with Crippen LogP contribution in [0.5, 0.6) is 0 Å². The number of pyridine rings is 1. The summed E-state index contributed by atoms with van der Waals surface area (Å²) in [5, 5.41) is 3.69. The summed E-state index contributed by atoms with van der Waals surface area (Å²) in [7, 11) is 0. The number of nitrogens with zero attached hydrogens (tertiary/aromatic N) is 1. The van der Waals surface area contributed by atoms with Gasteiger partial charge in [0.05, 0.1) is 28.9 Å². The van der Waals surface area contributed by atoms with Gasteiger partial charge in [-0.15, -0.1) is 11.3 Å². The van der Waals surface area contributed by atoms with E-state index in [9.17, 15) is 14.4 Å². The molecule has 0 spiro atoms. The summed E-state index contributed by atoms with van der Waals surface area (Å²) in [5.41, 5.74) is 3.52. The maximum atomic E-state index is 13.0. The number of ether oxygens (including phenoxy) is 2. The molecule has 0 bridgehead atoms. The Morgan fingerprint density at radius 2 is 1.66 bits per heavy atom. The molecule has 8 heteroatoms. The van der Waals surface area contributed by atoms with Crippen molar-refractivity contribution in [2.45, 2.75) is 20.8 Å². The maximum absolute atomic E-state index is 13.0. The molecule has 1 amide bonds. The minimum Gasteiger partial charge on any atom is -0.462 e. The minimum atomic E-state index is -0.639. The Bertz CT molecular complexity index is 1410. The zero-order valence-electron chi connectivity index (χ0n) is 19.6. The molecule has 0 atom stereocenters. The van der Waals surface area contributed by atoms with Crippen LogP contribution in [-0.4, -0.2) is 36.0 Å². The van der Waals surface area contributed by atoms with Gasteiger partial charge < -0.3 is 14.8 Å². The molecule has 2 aromatic heterocycles. The largest absolute Gasteiger partial charge is 0.462 e. The van der Waals surface area contributed by atoms with Gasteiger partial charge in [0.25, 0.3) is 5.91 Å². The quantitative estimate of drug-likeness (QED) is 0.343. The third kappa shape index (κ3) is 5.22. The van der Waals surface area contributed by atoms with Crippen molar-refractivity contribution in [2.75, 3.05) is 18.5 Å². The summed E-state index contributed by atoms with van der Waals surface area (Å²) in [6.07, 6.45) is 0. The molecule has 0 saturated carbocycles. The first kappa shape index (κ1) is 24.1. The number of hydrogen-bond acceptors (Lipinski definition) is 7. The molecule has 7 nitrogen and oxygen atoms in total. The predicted octanol–water partition coefficient (Wildman–Crippen LogP) is 5.55. The monoisotopic (exact) mass is 488 g/mol. The normalized spacial score (nSPS) is 10.7. The first-order valence-corrected chi connectivity index (χ1v) is 11.9.